The summed E-state index contributed by atoms with van der Waals surface area (Å²) in [5, 5.41) is 0. The van der Waals surface area contributed by atoms with Crippen LogP contribution in [-0.4, -0.2) is 15.8 Å². The Labute approximate surface area is 115 Å². The van der Waals surface area contributed by atoms with Gasteiger partial charge in [0.1, 0.15) is 5.78 Å². The van der Waals surface area contributed by atoms with E-state index in [-0.39, 0.29) is 5.92 Å². The zero-order valence-electron chi connectivity index (χ0n) is 11.6. The number of carbonyl (C=O) groups excluding carboxylic acids is 1. The molecule has 3 nitrogen and oxygen atoms in total. The van der Waals surface area contributed by atoms with Crippen LogP contribution >= 0.6 is 0 Å². The van der Waals surface area contributed by atoms with Gasteiger partial charge in [-0.05, 0) is 18.8 Å². The van der Waals surface area contributed by atoms with Crippen LogP contribution in [0.15, 0.2) is 12.5 Å². The number of nitrogens with one attached hydrogen (secondary N) is 1. The molecule has 0 saturated heterocycles. The monoisotopic (exact) mass is 260 g/mol. The van der Waals surface area contributed by atoms with Gasteiger partial charge in [0.05, 0.1) is 6.33 Å². The Balaban J connectivity index is 1.36. The lowest BCUT2D eigenvalue weighted by atomic mass is 9.85. The van der Waals surface area contributed by atoms with Crippen molar-refractivity contribution in [3.05, 3.63) is 18.2 Å². The lowest BCUT2D eigenvalue weighted by Crippen LogP contribution is -2.08. The molecule has 104 valence electrons. The quantitative estimate of drug-likeness (QED) is 0.844. The molecule has 1 aromatic heterocycles. The minimum absolute atomic E-state index is 0.284. The maximum absolute atomic E-state index is 12.1. The van der Waals surface area contributed by atoms with Crippen LogP contribution in [0.1, 0.15) is 69.4 Å². The summed E-state index contributed by atoms with van der Waals surface area (Å²) in [6, 6.07) is 0. The normalized spacial score (nSPS) is 27.4. The highest BCUT2D eigenvalue weighted by Gasteiger charge is 2.43. The van der Waals surface area contributed by atoms with Crippen LogP contribution in [0.4, 0.5) is 0 Å². The van der Waals surface area contributed by atoms with Crippen molar-refractivity contribution in [2.75, 3.05) is 0 Å². The molecule has 0 amide bonds. The molecule has 3 heteroatoms. The molecule has 2 aliphatic carbocycles. The standard InChI is InChI=1S/C16H24N2O/c19-16(8-4-7-12-5-2-1-3-6-12)14-9-13(14)15-10-17-11-18-15/h10-14H,1-9H2,(H,17,18). The van der Waals surface area contributed by atoms with Crippen molar-refractivity contribution in [2.24, 2.45) is 11.8 Å². The third-order valence-corrected chi connectivity index (χ3v) is 4.88. The minimum atomic E-state index is 0.284. The number of nitrogens with zero attached hydrogens (tertiary/aromatic N) is 1. The van der Waals surface area contributed by atoms with Gasteiger partial charge in [-0.3, -0.25) is 4.79 Å². The number of aromatic nitrogens is 2. The van der Waals surface area contributed by atoms with E-state index in [1.165, 1.54) is 38.5 Å². The Hall–Kier alpha value is -1.12. The lowest BCUT2D eigenvalue weighted by molar-refractivity contribution is -0.120. The van der Waals surface area contributed by atoms with E-state index in [2.05, 4.69) is 9.97 Å². The SMILES string of the molecule is O=C(CCCC1CCCCC1)C1CC1c1cnc[nH]1. The third kappa shape index (κ3) is 3.26. The van der Waals surface area contributed by atoms with Crippen molar-refractivity contribution in [3.63, 3.8) is 0 Å². The van der Waals surface area contributed by atoms with Crippen molar-refractivity contribution < 1.29 is 4.79 Å². The zero-order chi connectivity index (χ0) is 13.1. The summed E-state index contributed by atoms with van der Waals surface area (Å²) in [5.41, 5.74) is 1.14. The zero-order valence-corrected chi connectivity index (χ0v) is 11.6. The Morgan fingerprint density at radius 1 is 1.32 bits per heavy atom. The van der Waals surface area contributed by atoms with Crippen molar-refractivity contribution in [2.45, 2.75) is 63.7 Å². The second-order valence-electron chi connectivity index (χ2n) is 6.32. The average molecular weight is 260 g/mol. The summed E-state index contributed by atoms with van der Waals surface area (Å²) in [6.45, 7) is 0. The highest BCUT2D eigenvalue weighted by Crippen LogP contribution is 2.47. The van der Waals surface area contributed by atoms with Crippen LogP contribution in [0.3, 0.4) is 0 Å². The first-order chi connectivity index (χ1) is 9.34. The molecule has 3 rings (SSSR count). The summed E-state index contributed by atoms with van der Waals surface area (Å²) in [7, 11) is 0. The van der Waals surface area contributed by atoms with Gasteiger partial charge >= 0.3 is 0 Å². The molecule has 0 bridgehead atoms. The molecule has 1 N–H and O–H groups in total. The van der Waals surface area contributed by atoms with Gasteiger partial charge in [-0.2, -0.15) is 0 Å². The molecule has 2 aliphatic rings. The first-order valence-electron chi connectivity index (χ1n) is 7.85. The predicted molar refractivity (Wildman–Crippen MR) is 74.9 cm³/mol. The van der Waals surface area contributed by atoms with Crippen LogP contribution in [0, 0.1) is 11.8 Å². The van der Waals surface area contributed by atoms with Crippen LogP contribution in [0.2, 0.25) is 0 Å². The van der Waals surface area contributed by atoms with Gasteiger partial charge in [-0.25, -0.2) is 4.98 Å². The molecule has 2 saturated carbocycles. The van der Waals surface area contributed by atoms with E-state index in [4.69, 9.17) is 0 Å². The molecular weight excluding hydrogens is 236 g/mol. The Bertz CT molecular complexity index is 406. The molecule has 0 spiro atoms. The summed E-state index contributed by atoms with van der Waals surface area (Å²) in [4.78, 5) is 19.3. The first kappa shape index (κ1) is 12.9. The molecule has 2 unspecified atom stereocenters. The van der Waals surface area contributed by atoms with E-state index in [1.54, 1.807) is 6.33 Å². The number of rotatable bonds is 6. The fourth-order valence-electron chi connectivity index (χ4n) is 3.59. The fraction of sp³-hybridized carbons (Fsp3) is 0.750. The number of hydrogen-bond donors (Lipinski definition) is 1. The van der Waals surface area contributed by atoms with Gasteiger partial charge in [0.2, 0.25) is 0 Å². The molecule has 2 atom stereocenters. The smallest absolute Gasteiger partial charge is 0.136 e. The summed E-state index contributed by atoms with van der Waals surface area (Å²) < 4.78 is 0. The fourth-order valence-corrected chi connectivity index (χ4v) is 3.59. The number of carbonyl (C=O) groups is 1. The number of aromatic amines is 1. The Kier molecular flexibility index (Phi) is 4.00. The van der Waals surface area contributed by atoms with E-state index >= 15 is 0 Å². The summed E-state index contributed by atoms with van der Waals surface area (Å²) in [6.07, 6.45) is 14.8. The van der Waals surface area contributed by atoms with Gasteiger partial charge in [-0.1, -0.05) is 38.5 Å². The van der Waals surface area contributed by atoms with E-state index in [0.29, 0.717) is 11.7 Å². The first-order valence-corrected chi connectivity index (χ1v) is 7.85. The maximum atomic E-state index is 12.1. The van der Waals surface area contributed by atoms with Crippen molar-refractivity contribution in [3.8, 4) is 0 Å². The van der Waals surface area contributed by atoms with Crippen molar-refractivity contribution in [1.82, 2.24) is 9.97 Å². The molecular formula is C16H24N2O. The molecule has 1 aromatic rings. The number of ketones is 1. The van der Waals surface area contributed by atoms with E-state index in [1.807, 2.05) is 6.20 Å². The minimum Gasteiger partial charge on any atom is -0.348 e. The van der Waals surface area contributed by atoms with Crippen molar-refractivity contribution in [1.29, 1.82) is 0 Å². The second kappa shape index (κ2) is 5.89. The highest BCUT2D eigenvalue weighted by molar-refractivity contribution is 5.84. The molecule has 0 radical (unpaired) electrons. The average Bonchev–Trinajstić information content (AvgIpc) is 3.06. The van der Waals surface area contributed by atoms with Gasteiger partial charge in [-0.15, -0.1) is 0 Å². The molecule has 2 fully saturated rings. The lowest BCUT2D eigenvalue weighted by Gasteiger charge is -2.21. The topological polar surface area (TPSA) is 45.8 Å². The van der Waals surface area contributed by atoms with Gasteiger partial charge in [0, 0.05) is 30.1 Å². The van der Waals surface area contributed by atoms with E-state index in [9.17, 15) is 4.79 Å². The van der Waals surface area contributed by atoms with E-state index < -0.39 is 0 Å². The van der Waals surface area contributed by atoms with E-state index in [0.717, 1.165) is 30.9 Å². The predicted octanol–water partition coefficient (Wildman–Crippen LogP) is 3.83. The van der Waals surface area contributed by atoms with Gasteiger partial charge in [0.15, 0.2) is 0 Å². The number of hydrogen-bond acceptors (Lipinski definition) is 2. The van der Waals surface area contributed by atoms with Crippen LogP contribution in [-0.2, 0) is 4.79 Å². The second-order valence-corrected chi connectivity index (χ2v) is 6.32. The number of H-pyrrole nitrogens is 1. The molecule has 19 heavy (non-hydrogen) atoms. The van der Waals surface area contributed by atoms with Gasteiger partial charge < -0.3 is 4.98 Å². The number of Topliss-reactive ketones (excluding diaryl/α,β-unsaturated/α-hetero) is 1. The maximum Gasteiger partial charge on any atom is 0.136 e. The molecule has 0 aliphatic heterocycles. The molecule has 1 heterocycles. The largest absolute Gasteiger partial charge is 0.348 e. The third-order valence-electron chi connectivity index (χ3n) is 4.88. The Morgan fingerprint density at radius 2 is 2.16 bits per heavy atom. The van der Waals surface area contributed by atoms with Crippen LogP contribution < -0.4 is 0 Å². The highest BCUT2D eigenvalue weighted by atomic mass is 16.1. The van der Waals surface area contributed by atoms with Gasteiger partial charge in [0.25, 0.3) is 0 Å². The van der Waals surface area contributed by atoms with Crippen LogP contribution in [0.5, 0.6) is 0 Å². The number of imidazole rings is 1. The van der Waals surface area contributed by atoms with Crippen molar-refractivity contribution >= 4 is 5.78 Å². The molecule has 0 aromatic carbocycles. The Morgan fingerprint density at radius 3 is 2.89 bits per heavy atom. The summed E-state index contributed by atoms with van der Waals surface area (Å²) >= 11 is 0. The van der Waals surface area contributed by atoms with Crippen LogP contribution in [0.25, 0.3) is 0 Å². The summed E-state index contributed by atoms with van der Waals surface area (Å²) in [5.74, 6) is 2.11.